The molecule has 4 fully saturated rings. The van der Waals surface area contributed by atoms with Gasteiger partial charge in [0.15, 0.2) is 17.5 Å². The molecule has 0 aromatic rings. The van der Waals surface area contributed by atoms with Crippen LogP contribution in [-0.4, -0.2) is 94.4 Å². The Morgan fingerprint density at radius 2 is 1.76 bits per heavy atom. The minimum atomic E-state index is -2.29. The summed E-state index contributed by atoms with van der Waals surface area (Å²) < 4.78 is 23.8. The number of ketones is 1. The summed E-state index contributed by atoms with van der Waals surface area (Å²) in [6.45, 7) is 15.9. The predicted molar refractivity (Wildman–Crippen MR) is 153 cm³/mol. The van der Waals surface area contributed by atoms with Crippen LogP contribution < -0.4 is 0 Å². The summed E-state index contributed by atoms with van der Waals surface area (Å²) in [5, 5.41) is 24.3. The number of carbonyl (C=O) groups excluding carboxylic acids is 3. The molecule has 234 valence electrons. The lowest BCUT2D eigenvalue weighted by Gasteiger charge is -2.71. The van der Waals surface area contributed by atoms with Gasteiger partial charge in [0.05, 0.1) is 24.9 Å². The van der Waals surface area contributed by atoms with E-state index >= 15 is 0 Å². The van der Waals surface area contributed by atoms with E-state index in [-0.39, 0.29) is 32.0 Å². The number of Topliss-reactive ketones (excluding diaryl/α,β-unsaturated/α-hetero) is 1. The summed E-state index contributed by atoms with van der Waals surface area (Å²) in [5.41, 5.74) is -7.56. The Hall–Kier alpha value is -1.72. The van der Waals surface area contributed by atoms with Gasteiger partial charge in [-0.15, -0.1) is 19.0 Å². The van der Waals surface area contributed by atoms with E-state index < -0.39 is 69.8 Å². The van der Waals surface area contributed by atoms with Gasteiger partial charge in [0.2, 0.25) is 0 Å². The van der Waals surface area contributed by atoms with Crippen LogP contribution in [0.3, 0.4) is 0 Å². The number of aliphatic hydroxyl groups is 2. The number of nitrogens with zero attached hydrogens (tertiary/aromatic N) is 1. The van der Waals surface area contributed by atoms with E-state index in [1.807, 2.05) is 18.7 Å². The van der Waals surface area contributed by atoms with E-state index in [1.165, 1.54) is 13.0 Å². The molecule has 0 unspecified atom stereocenters. The highest BCUT2D eigenvalue weighted by molar-refractivity contribution is 5.92. The third-order valence-corrected chi connectivity index (χ3v) is 10.3. The van der Waals surface area contributed by atoms with Crippen molar-refractivity contribution in [3.8, 4) is 0 Å². The fourth-order valence-electron chi connectivity index (χ4n) is 8.31. The van der Waals surface area contributed by atoms with Crippen LogP contribution >= 0.6 is 12.4 Å². The molecule has 0 aromatic carbocycles. The molecule has 2 N–H and O–H groups in total. The Kier molecular flexibility index (Phi) is 9.68. The first-order valence-electron chi connectivity index (χ1n) is 14.6. The smallest absolute Gasteiger partial charge is 0.457 e. The number of esters is 1. The van der Waals surface area contributed by atoms with E-state index in [2.05, 4.69) is 6.58 Å². The molecule has 41 heavy (non-hydrogen) atoms. The van der Waals surface area contributed by atoms with Gasteiger partial charge >= 0.3 is 12.1 Å². The zero-order chi connectivity index (χ0) is 29.7. The van der Waals surface area contributed by atoms with Crippen molar-refractivity contribution in [1.29, 1.82) is 0 Å². The number of halogens is 1. The summed E-state index contributed by atoms with van der Waals surface area (Å²) in [7, 11) is 0. The second-order valence-corrected chi connectivity index (χ2v) is 13.4. The number of hydrogen-bond donors (Lipinski definition) is 2. The van der Waals surface area contributed by atoms with Crippen LogP contribution in [0.1, 0.15) is 80.1 Å². The number of ether oxygens (including phenoxy) is 4. The lowest BCUT2D eigenvalue weighted by Crippen LogP contribution is -2.87. The van der Waals surface area contributed by atoms with E-state index in [9.17, 15) is 24.6 Å². The summed E-state index contributed by atoms with van der Waals surface area (Å²) in [6, 6.07) is 0. The highest BCUT2D eigenvalue weighted by Crippen LogP contribution is 2.67. The third-order valence-electron chi connectivity index (χ3n) is 10.3. The number of likely N-dealkylation sites (tertiary alicyclic amines) is 1. The lowest BCUT2D eigenvalue weighted by molar-refractivity contribution is -0.370. The molecule has 2 heterocycles. The van der Waals surface area contributed by atoms with E-state index in [0.717, 1.165) is 32.4 Å². The maximum absolute atomic E-state index is 14.1. The van der Waals surface area contributed by atoms with Crippen LogP contribution in [0.2, 0.25) is 0 Å². The maximum Gasteiger partial charge on any atom is 0.508 e. The minimum absolute atomic E-state index is 0. The molecular weight excluding hydrogens is 554 g/mol. The highest BCUT2D eigenvalue weighted by atomic mass is 35.5. The van der Waals surface area contributed by atoms with Gasteiger partial charge < -0.3 is 29.2 Å². The normalized spacial score (nSPS) is 42.1. The molecule has 2 aliphatic heterocycles. The van der Waals surface area contributed by atoms with Crippen molar-refractivity contribution >= 4 is 30.3 Å². The van der Waals surface area contributed by atoms with Crippen molar-refractivity contribution < 1.29 is 43.5 Å². The Labute approximate surface area is 249 Å². The Bertz CT molecular complexity index is 1030. The minimum Gasteiger partial charge on any atom is -0.457 e. The quantitative estimate of drug-likeness (QED) is 0.344. The molecule has 0 aromatic heterocycles. The summed E-state index contributed by atoms with van der Waals surface area (Å²) in [5.74, 6) is -1.83. The molecule has 0 amide bonds. The lowest BCUT2D eigenvalue weighted by atomic mass is 9.39. The number of rotatable bonds is 6. The first-order valence-corrected chi connectivity index (χ1v) is 14.6. The monoisotopic (exact) mass is 601 g/mol. The zero-order valence-electron chi connectivity index (χ0n) is 25.3. The van der Waals surface area contributed by atoms with E-state index in [4.69, 9.17) is 18.9 Å². The van der Waals surface area contributed by atoms with Gasteiger partial charge in [-0.1, -0.05) is 33.3 Å². The van der Waals surface area contributed by atoms with Gasteiger partial charge in [0.1, 0.15) is 11.7 Å². The SMILES string of the molecule is C=C[C@@]1(C)CC(=O)[C@]2(O)[C@@]3(C)[C@@H](O)CCC(C)(C)[C@@H]3[C@H](OC(=O)CN3CCCCC3)[C@H](OC(=O)OCC)[C@@]2(C)O1.Cl. The van der Waals surface area contributed by atoms with Crippen LogP contribution in [0.15, 0.2) is 12.7 Å². The van der Waals surface area contributed by atoms with Crippen molar-refractivity contribution in [2.24, 2.45) is 16.7 Å². The second-order valence-electron chi connectivity index (χ2n) is 13.4. The average molecular weight is 602 g/mol. The van der Waals surface area contributed by atoms with Gasteiger partial charge in [-0.3, -0.25) is 14.5 Å². The molecule has 2 saturated carbocycles. The van der Waals surface area contributed by atoms with Crippen molar-refractivity contribution in [3.63, 3.8) is 0 Å². The zero-order valence-corrected chi connectivity index (χ0v) is 26.1. The number of carbonyl (C=O) groups is 3. The number of piperidine rings is 1. The van der Waals surface area contributed by atoms with Crippen LogP contribution in [0.5, 0.6) is 0 Å². The number of hydrogen-bond acceptors (Lipinski definition) is 10. The number of fused-ring (bicyclic) bond motifs is 3. The average Bonchev–Trinajstić information content (AvgIpc) is 2.87. The van der Waals surface area contributed by atoms with Crippen LogP contribution in [0, 0.1) is 16.7 Å². The topological polar surface area (TPSA) is 132 Å². The highest BCUT2D eigenvalue weighted by Gasteiger charge is 2.82. The largest absolute Gasteiger partial charge is 0.508 e. The van der Waals surface area contributed by atoms with Crippen LogP contribution in [0.25, 0.3) is 0 Å². The fraction of sp³-hybridized carbons (Fsp3) is 0.833. The molecule has 0 spiro atoms. The van der Waals surface area contributed by atoms with Gasteiger partial charge in [-0.2, -0.15) is 0 Å². The molecule has 0 radical (unpaired) electrons. The Balaban J connectivity index is 0.00000462. The fourth-order valence-corrected chi connectivity index (χ4v) is 8.31. The Morgan fingerprint density at radius 1 is 1.12 bits per heavy atom. The third kappa shape index (κ3) is 5.32. The molecule has 11 heteroatoms. The molecule has 10 nitrogen and oxygen atoms in total. The maximum atomic E-state index is 14.1. The molecule has 0 bridgehead atoms. The molecule has 4 aliphatic rings. The van der Waals surface area contributed by atoms with Gasteiger partial charge in [-0.05, 0) is 65.0 Å². The summed E-state index contributed by atoms with van der Waals surface area (Å²) in [4.78, 5) is 42.5. The molecule has 4 rings (SSSR count). The summed E-state index contributed by atoms with van der Waals surface area (Å²) in [6.07, 6.45) is 0.507. The summed E-state index contributed by atoms with van der Waals surface area (Å²) >= 11 is 0. The van der Waals surface area contributed by atoms with Crippen LogP contribution in [-0.2, 0) is 28.5 Å². The van der Waals surface area contributed by atoms with E-state index in [1.54, 1.807) is 20.8 Å². The first-order chi connectivity index (χ1) is 18.6. The molecular formula is C30H48ClNO9. The van der Waals surface area contributed by atoms with Gasteiger partial charge in [0.25, 0.3) is 0 Å². The standard InChI is InChI=1S/C30H47NO9.ClH/c1-8-27(5)17-20(33)30(36)28(6)19(32)13-14-26(3,4)23(28)22(38-21(34)18-31-15-11-10-12-16-31)24(29(30,7)40-27)39-25(35)37-9-2;/h8,19,22-24,32,36H,1,9-18H2,2-7H3;1H/t19-,22-,23-,24-,27-,28-,29+,30-;/m0./s1. The van der Waals surface area contributed by atoms with Crippen molar-refractivity contribution in [1.82, 2.24) is 4.90 Å². The van der Waals surface area contributed by atoms with E-state index in [0.29, 0.717) is 12.8 Å². The van der Waals surface area contributed by atoms with Crippen LogP contribution in [0.4, 0.5) is 4.79 Å². The second kappa shape index (κ2) is 11.8. The van der Waals surface area contributed by atoms with Crippen molar-refractivity contribution in [3.05, 3.63) is 12.7 Å². The van der Waals surface area contributed by atoms with Gasteiger partial charge in [0, 0.05) is 17.8 Å². The number of aliphatic hydroxyl groups excluding tert-OH is 1. The van der Waals surface area contributed by atoms with Gasteiger partial charge in [-0.25, -0.2) is 4.79 Å². The van der Waals surface area contributed by atoms with Crippen molar-refractivity contribution in [2.45, 2.75) is 115 Å². The Morgan fingerprint density at radius 3 is 2.34 bits per heavy atom. The first kappa shape index (κ1) is 33.8. The molecule has 2 saturated heterocycles. The predicted octanol–water partition coefficient (Wildman–Crippen LogP) is 3.59. The molecule has 2 aliphatic carbocycles. The van der Waals surface area contributed by atoms with Crippen molar-refractivity contribution in [2.75, 3.05) is 26.2 Å². The molecule has 8 atom stereocenters.